The highest BCUT2D eigenvalue weighted by atomic mass is 16.5. The molecule has 0 spiro atoms. The van der Waals surface area contributed by atoms with Crippen molar-refractivity contribution >= 4 is 22.6 Å². The van der Waals surface area contributed by atoms with E-state index >= 15 is 0 Å². The van der Waals surface area contributed by atoms with Crippen molar-refractivity contribution in [1.82, 2.24) is 4.90 Å². The van der Waals surface area contributed by atoms with E-state index in [1.807, 2.05) is 51.4 Å². The van der Waals surface area contributed by atoms with Gasteiger partial charge in [0.05, 0.1) is 6.61 Å². The van der Waals surface area contributed by atoms with Gasteiger partial charge in [-0.2, -0.15) is 0 Å². The van der Waals surface area contributed by atoms with E-state index in [1.54, 1.807) is 18.2 Å². The molecule has 0 saturated heterocycles. The summed E-state index contributed by atoms with van der Waals surface area (Å²) in [5.74, 6) is 0.133. The minimum absolute atomic E-state index is 0.0476. The maximum Gasteiger partial charge on any atom is 0.349 e. The van der Waals surface area contributed by atoms with E-state index in [4.69, 9.17) is 9.15 Å². The van der Waals surface area contributed by atoms with Crippen LogP contribution in [0.4, 0.5) is 5.69 Å². The first-order chi connectivity index (χ1) is 14.4. The van der Waals surface area contributed by atoms with Crippen LogP contribution in [0.5, 0.6) is 5.75 Å². The third-order valence-corrected chi connectivity index (χ3v) is 4.53. The van der Waals surface area contributed by atoms with Gasteiger partial charge in [-0.05, 0) is 62.8 Å². The topological polar surface area (TPSA) is 71.8 Å². The number of allylic oxidation sites excluding steroid dienone is 1. The molecule has 0 bridgehead atoms. The fourth-order valence-corrected chi connectivity index (χ4v) is 3.22. The zero-order chi connectivity index (χ0) is 21.7. The number of amides is 1. The molecule has 0 aliphatic rings. The molecule has 156 valence electrons. The summed E-state index contributed by atoms with van der Waals surface area (Å²) in [6.45, 7) is 6.96. The third kappa shape index (κ3) is 4.96. The lowest BCUT2D eigenvalue weighted by Crippen LogP contribution is -2.20. The number of carbonyl (C=O) groups is 1. The second kappa shape index (κ2) is 9.41. The number of nitrogens with zero attached hydrogens (tertiary/aromatic N) is 1. The molecule has 1 heterocycles. The van der Waals surface area contributed by atoms with Gasteiger partial charge < -0.3 is 19.4 Å². The van der Waals surface area contributed by atoms with Crippen LogP contribution in [0.15, 0.2) is 64.3 Å². The lowest BCUT2D eigenvalue weighted by Gasteiger charge is -2.11. The van der Waals surface area contributed by atoms with Crippen LogP contribution >= 0.6 is 0 Å². The molecule has 2 aromatic carbocycles. The van der Waals surface area contributed by atoms with Crippen LogP contribution in [0, 0.1) is 0 Å². The van der Waals surface area contributed by atoms with Crippen LogP contribution in [0.25, 0.3) is 11.0 Å². The average molecular weight is 406 g/mol. The summed E-state index contributed by atoms with van der Waals surface area (Å²) in [6.07, 6.45) is 2.38. The van der Waals surface area contributed by atoms with Gasteiger partial charge in [-0.3, -0.25) is 4.79 Å². The van der Waals surface area contributed by atoms with E-state index in [0.717, 1.165) is 17.7 Å². The van der Waals surface area contributed by atoms with E-state index in [2.05, 4.69) is 16.8 Å². The zero-order valence-corrected chi connectivity index (χ0v) is 17.5. The van der Waals surface area contributed by atoms with Gasteiger partial charge in [0.1, 0.15) is 16.9 Å². The number of carbonyl (C=O) groups excluding carboxylic acids is 1. The first-order valence-electron chi connectivity index (χ1n) is 9.80. The number of anilines is 1. The lowest BCUT2D eigenvalue weighted by molar-refractivity contribution is 0.102. The summed E-state index contributed by atoms with van der Waals surface area (Å²) < 4.78 is 11.0. The van der Waals surface area contributed by atoms with Crippen molar-refractivity contribution < 1.29 is 13.9 Å². The van der Waals surface area contributed by atoms with Crippen LogP contribution in [-0.2, 0) is 13.0 Å². The highest BCUT2D eigenvalue weighted by Crippen LogP contribution is 2.27. The number of ether oxygens (including phenoxy) is 1. The van der Waals surface area contributed by atoms with E-state index in [1.165, 1.54) is 0 Å². The standard InChI is InChI=1S/C24H26N2O4/c1-5-7-17-12-18-13-20(24(28)30-22(18)14-21(17)29-6-2)23(27)25-19-10-8-16(9-11-19)15-26(3)4/h5,8-14H,1,6-7,15H2,2-4H3,(H,25,27). The highest BCUT2D eigenvalue weighted by molar-refractivity contribution is 6.05. The van der Waals surface area contributed by atoms with Gasteiger partial charge >= 0.3 is 5.63 Å². The van der Waals surface area contributed by atoms with Crippen molar-refractivity contribution in [2.24, 2.45) is 0 Å². The van der Waals surface area contributed by atoms with Crippen molar-refractivity contribution in [2.45, 2.75) is 19.9 Å². The lowest BCUT2D eigenvalue weighted by atomic mass is 10.1. The largest absolute Gasteiger partial charge is 0.493 e. The van der Waals surface area contributed by atoms with Gasteiger partial charge in [0, 0.05) is 23.7 Å². The van der Waals surface area contributed by atoms with Crippen LogP contribution < -0.4 is 15.7 Å². The Kier molecular flexibility index (Phi) is 6.69. The van der Waals surface area contributed by atoms with Crippen molar-refractivity contribution in [2.75, 3.05) is 26.0 Å². The molecule has 1 amide bonds. The van der Waals surface area contributed by atoms with Gasteiger partial charge in [0.15, 0.2) is 0 Å². The molecular formula is C24H26N2O4. The van der Waals surface area contributed by atoms with Crippen molar-refractivity contribution in [3.05, 3.63) is 82.2 Å². The number of nitrogens with one attached hydrogen (secondary N) is 1. The number of rotatable bonds is 8. The smallest absolute Gasteiger partial charge is 0.349 e. The molecule has 1 N–H and O–H groups in total. The Morgan fingerprint density at radius 2 is 1.93 bits per heavy atom. The summed E-state index contributed by atoms with van der Waals surface area (Å²) in [5.41, 5.74) is 2.29. The SMILES string of the molecule is C=CCc1cc2cc(C(=O)Nc3ccc(CN(C)C)cc3)c(=O)oc2cc1OCC. The van der Waals surface area contributed by atoms with Gasteiger partial charge in [-0.25, -0.2) is 4.79 Å². The predicted octanol–water partition coefficient (Wildman–Crippen LogP) is 4.23. The number of hydrogen-bond acceptors (Lipinski definition) is 5. The Labute approximate surface area is 175 Å². The van der Waals surface area contributed by atoms with E-state index in [0.29, 0.717) is 35.4 Å². The molecule has 0 radical (unpaired) electrons. The Morgan fingerprint density at radius 1 is 1.20 bits per heavy atom. The molecule has 6 heteroatoms. The Hall–Kier alpha value is -3.38. The van der Waals surface area contributed by atoms with E-state index < -0.39 is 11.5 Å². The molecule has 0 fully saturated rings. The number of benzene rings is 2. The second-order valence-corrected chi connectivity index (χ2v) is 7.26. The van der Waals surface area contributed by atoms with Crippen molar-refractivity contribution in [3.63, 3.8) is 0 Å². The van der Waals surface area contributed by atoms with Crippen LogP contribution in [0.2, 0.25) is 0 Å². The normalized spacial score (nSPS) is 10.9. The molecule has 1 aromatic heterocycles. The van der Waals surface area contributed by atoms with Gasteiger partial charge in [-0.15, -0.1) is 6.58 Å². The van der Waals surface area contributed by atoms with Gasteiger partial charge in [-0.1, -0.05) is 18.2 Å². The summed E-state index contributed by atoms with van der Waals surface area (Å²) in [6, 6.07) is 12.6. The first-order valence-corrected chi connectivity index (χ1v) is 9.80. The maximum atomic E-state index is 12.7. The molecule has 3 aromatic rings. The number of hydrogen-bond donors (Lipinski definition) is 1. The molecule has 30 heavy (non-hydrogen) atoms. The Balaban J connectivity index is 1.90. The van der Waals surface area contributed by atoms with E-state index in [9.17, 15) is 9.59 Å². The minimum atomic E-state index is -0.692. The highest BCUT2D eigenvalue weighted by Gasteiger charge is 2.16. The maximum absolute atomic E-state index is 12.7. The van der Waals surface area contributed by atoms with E-state index in [-0.39, 0.29) is 5.56 Å². The molecular weight excluding hydrogens is 380 g/mol. The third-order valence-electron chi connectivity index (χ3n) is 4.53. The fraction of sp³-hybridized carbons (Fsp3) is 0.250. The van der Waals surface area contributed by atoms with Gasteiger partial charge in [0.25, 0.3) is 5.91 Å². The predicted molar refractivity (Wildman–Crippen MR) is 119 cm³/mol. The quantitative estimate of drug-likeness (QED) is 0.448. The molecule has 0 unspecified atom stereocenters. The van der Waals surface area contributed by atoms with Crippen LogP contribution in [0.1, 0.15) is 28.4 Å². The number of fused-ring (bicyclic) bond motifs is 1. The molecule has 6 nitrogen and oxygen atoms in total. The average Bonchev–Trinajstić information content (AvgIpc) is 2.69. The minimum Gasteiger partial charge on any atom is -0.493 e. The first kappa shape index (κ1) is 21.3. The summed E-state index contributed by atoms with van der Waals surface area (Å²) in [4.78, 5) is 27.2. The monoisotopic (exact) mass is 406 g/mol. The molecule has 0 aliphatic heterocycles. The second-order valence-electron chi connectivity index (χ2n) is 7.26. The van der Waals surface area contributed by atoms with Gasteiger partial charge in [0.2, 0.25) is 0 Å². The molecule has 0 saturated carbocycles. The van der Waals surface area contributed by atoms with Crippen LogP contribution in [-0.4, -0.2) is 31.5 Å². The zero-order valence-electron chi connectivity index (χ0n) is 17.5. The van der Waals surface area contributed by atoms with Crippen molar-refractivity contribution in [3.8, 4) is 5.75 Å². The Bertz CT molecular complexity index is 1110. The molecule has 0 atom stereocenters. The fourth-order valence-electron chi connectivity index (χ4n) is 3.22. The van der Waals surface area contributed by atoms with Crippen LogP contribution in [0.3, 0.4) is 0 Å². The summed E-state index contributed by atoms with van der Waals surface area (Å²) in [7, 11) is 3.99. The summed E-state index contributed by atoms with van der Waals surface area (Å²) in [5, 5.41) is 3.42. The molecule has 0 aliphatic carbocycles. The Morgan fingerprint density at radius 3 is 2.57 bits per heavy atom. The molecule has 3 rings (SSSR count). The van der Waals surface area contributed by atoms with Crippen molar-refractivity contribution in [1.29, 1.82) is 0 Å². The summed E-state index contributed by atoms with van der Waals surface area (Å²) >= 11 is 0.